The van der Waals surface area contributed by atoms with Crippen molar-refractivity contribution in [1.82, 2.24) is 5.43 Å². The Balaban J connectivity index is 1.74. The molecule has 0 radical (unpaired) electrons. The maximum Gasteiger partial charge on any atom is 0.277 e. The van der Waals surface area contributed by atoms with E-state index in [1.54, 1.807) is 0 Å². The molecule has 1 aliphatic rings. The number of carbonyl (C=O) groups is 1. The van der Waals surface area contributed by atoms with Crippen LogP contribution in [0.2, 0.25) is 0 Å². The van der Waals surface area contributed by atoms with E-state index in [0.29, 0.717) is 5.75 Å². The summed E-state index contributed by atoms with van der Waals surface area (Å²) in [6.07, 6.45) is 7.96. The van der Waals surface area contributed by atoms with Crippen LogP contribution in [0.1, 0.15) is 44.9 Å². The van der Waals surface area contributed by atoms with Crippen molar-refractivity contribution in [2.24, 2.45) is 5.10 Å². The van der Waals surface area contributed by atoms with E-state index in [1.807, 2.05) is 0 Å². The molecule has 0 aliphatic heterocycles. The fraction of sp³-hybridized carbons (Fsp3) is 0.500. The molecule has 1 fully saturated rings. The van der Waals surface area contributed by atoms with E-state index in [4.69, 9.17) is 4.74 Å². The van der Waals surface area contributed by atoms with Gasteiger partial charge in [0.1, 0.15) is 11.6 Å². The van der Waals surface area contributed by atoms with Crippen LogP contribution in [0.3, 0.4) is 0 Å². The lowest BCUT2D eigenvalue weighted by atomic mass is 9.99. The summed E-state index contributed by atoms with van der Waals surface area (Å²) in [4.78, 5) is 11.7. The molecular formula is C16H21FN2O2. The molecule has 5 heteroatoms. The third kappa shape index (κ3) is 5.94. The molecule has 1 aliphatic carbocycles. The Morgan fingerprint density at radius 2 is 1.71 bits per heavy atom. The summed E-state index contributed by atoms with van der Waals surface area (Å²) in [5.41, 5.74) is 3.59. The van der Waals surface area contributed by atoms with E-state index >= 15 is 0 Å². The monoisotopic (exact) mass is 292 g/mol. The van der Waals surface area contributed by atoms with Gasteiger partial charge in [0.25, 0.3) is 5.91 Å². The van der Waals surface area contributed by atoms with Gasteiger partial charge in [-0.2, -0.15) is 5.10 Å². The molecular weight excluding hydrogens is 271 g/mol. The first kappa shape index (κ1) is 15.5. The standard InChI is InChI=1S/C16H21FN2O2/c17-13-8-10-15(11-9-13)21-12-16(20)19-18-14-6-4-2-1-3-5-7-14/h8-11H,1-7,12H2,(H,19,20). The second-order valence-corrected chi connectivity index (χ2v) is 5.22. The first-order valence-corrected chi connectivity index (χ1v) is 7.47. The Bertz CT molecular complexity index is 476. The number of hydrogen-bond donors (Lipinski definition) is 1. The molecule has 2 rings (SSSR count). The fourth-order valence-corrected chi connectivity index (χ4v) is 2.28. The fourth-order valence-electron chi connectivity index (χ4n) is 2.28. The van der Waals surface area contributed by atoms with E-state index in [0.717, 1.165) is 31.4 Å². The summed E-state index contributed by atoms with van der Waals surface area (Å²) >= 11 is 0. The Morgan fingerprint density at radius 1 is 1.10 bits per heavy atom. The highest BCUT2D eigenvalue weighted by atomic mass is 19.1. The molecule has 1 N–H and O–H groups in total. The van der Waals surface area contributed by atoms with E-state index in [9.17, 15) is 9.18 Å². The molecule has 0 bridgehead atoms. The van der Waals surface area contributed by atoms with Crippen LogP contribution in [0.4, 0.5) is 4.39 Å². The Labute approximate surface area is 124 Å². The van der Waals surface area contributed by atoms with Gasteiger partial charge < -0.3 is 4.74 Å². The maximum atomic E-state index is 12.7. The van der Waals surface area contributed by atoms with Crippen molar-refractivity contribution < 1.29 is 13.9 Å². The van der Waals surface area contributed by atoms with Gasteiger partial charge in [0.15, 0.2) is 6.61 Å². The van der Waals surface area contributed by atoms with Crippen molar-refractivity contribution >= 4 is 11.6 Å². The second kappa shape index (κ2) is 8.39. The summed E-state index contributed by atoms with van der Waals surface area (Å²) in [6, 6.07) is 5.57. The van der Waals surface area contributed by atoms with Crippen LogP contribution >= 0.6 is 0 Å². The molecule has 21 heavy (non-hydrogen) atoms. The number of amides is 1. The number of halogens is 1. The predicted molar refractivity (Wildman–Crippen MR) is 79.8 cm³/mol. The first-order chi connectivity index (χ1) is 10.2. The zero-order valence-corrected chi connectivity index (χ0v) is 12.1. The highest BCUT2D eigenvalue weighted by Crippen LogP contribution is 2.14. The maximum absolute atomic E-state index is 12.7. The molecule has 1 aromatic rings. The average molecular weight is 292 g/mol. The minimum absolute atomic E-state index is 0.123. The second-order valence-electron chi connectivity index (χ2n) is 5.22. The van der Waals surface area contributed by atoms with Gasteiger partial charge >= 0.3 is 0 Å². The summed E-state index contributed by atoms with van der Waals surface area (Å²) < 4.78 is 18.0. The molecule has 0 heterocycles. The number of ether oxygens (including phenoxy) is 1. The molecule has 0 unspecified atom stereocenters. The van der Waals surface area contributed by atoms with Crippen LogP contribution < -0.4 is 10.2 Å². The lowest BCUT2D eigenvalue weighted by Gasteiger charge is -2.11. The van der Waals surface area contributed by atoms with Gasteiger partial charge in [-0.25, -0.2) is 9.82 Å². The van der Waals surface area contributed by atoms with Crippen LogP contribution in [-0.2, 0) is 4.79 Å². The quantitative estimate of drug-likeness (QED) is 0.864. The number of benzene rings is 1. The van der Waals surface area contributed by atoms with E-state index in [-0.39, 0.29) is 18.3 Å². The molecule has 1 amide bonds. The van der Waals surface area contributed by atoms with Crippen molar-refractivity contribution in [1.29, 1.82) is 0 Å². The molecule has 1 saturated carbocycles. The lowest BCUT2D eigenvalue weighted by Crippen LogP contribution is -2.26. The Morgan fingerprint density at radius 3 is 2.38 bits per heavy atom. The average Bonchev–Trinajstić information content (AvgIpc) is 2.45. The summed E-state index contributed by atoms with van der Waals surface area (Å²) in [5, 5.41) is 4.19. The summed E-state index contributed by atoms with van der Waals surface area (Å²) in [7, 11) is 0. The van der Waals surface area contributed by atoms with Gasteiger partial charge in [-0.1, -0.05) is 19.3 Å². The van der Waals surface area contributed by atoms with Crippen molar-refractivity contribution in [2.45, 2.75) is 44.9 Å². The van der Waals surface area contributed by atoms with Crippen molar-refractivity contribution in [2.75, 3.05) is 6.61 Å². The topological polar surface area (TPSA) is 50.7 Å². The van der Waals surface area contributed by atoms with Gasteiger partial charge in [0, 0.05) is 5.71 Å². The van der Waals surface area contributed by atoms with Gasteiger partial charge in [0.05, 0.1) is 0 Å². The van der Waals surface area contributed by atoms with Crippen LogP contribution in [-0.4, -0.2) is 18.2 Å². The van der Waals surface area contributed by atoms with Gasteiger partial charge in [-0.05, 0) is 49.9 Å². The lowest BCUT2D eigenvalue weighted by molar-refractivity contribution is -0.123. The number of nitrogens with zero attached hydrogens (tertiary/aromatic N) is 1. The normalized spacial score (nSPS) is 15.8. The minimum atomic E-state index is -0.331. The van der Waals surface area contributed by atoms with Gasteiger partial charge in [0.2, 0.25) is 0 Å². The number of rotatable bonds is 4. The molecule has 0 atom stereocenters. The van der Waals surface area contributed by atoms with Crippen molar-refractivity contribution in [3.63, 3.8) is 0 Å². The van der Waals surface area contributed by atoms with E-state index < -0.39 is 0 Å². The molecule has 0 saturated heterocycles. The van der Waals surface area contributed by atoms with Crippen molar-refractivity contribution in [3.05, 3.63) is 30.1 Å². The smallest absolute Gasteiger partial charge is 0.277 e. The zero-order chi connectivity index (χ0) is 14.9. The summed E-state index contributed by atoms with van der Waals surface area (Å²) in [6.45, 7) is -0.123. The number of nitrogens with one attached hydrogen (secondary N) is 1. The van der Waals surface area contributed by atoms with Crippen LogP contribution in [0.15, 0.2) is 29.4 Å². The largest absolute Gasteiger partial charge is 0.484 e. The Kier molecular flexibility index (Phi) is 6.19. The van der Waals surface area contributed by atoms with Gasteiger partial charge in [-0.3, -0.25) is 4.79 Å². The van der Waals surface area contributed by atoms with E-state index in [2.05, 4.69) is 10.5 Å². The van der Waals surface area contributed by atoms with Gasteiger partial charge in [-0.15, -0.1) is 0 Å². The third-order valence-corrected chi connectivity index (χ3v) is 3.45. The number of hydrazone groups is 1. The van der Waals surface area contributed by atoms with Crippen molar-refractivity contribution in [3.8, 4) is 5.75 Å². The van der Waals surface area contributed by atoms with Crippen LogP contribution in [0, 0.1) is 5.82 Å². The van der Waals surface area contributed by atoms with Crippen LogP contribution in [0.5, 0.6) is 5.75 Å². The number of hydrogen-bond acceptors (Lipinski definition) is 3. The highest BCUT2D eigenvalue weighted by molar-refractivity contribution is 5.86. The van der Waals surface area contributed by atoms with E-state index in [1.165, 1.54) is 43.5 Å². The SMILES string of the molecule is O=C(COc1ccc(F)cc1)NN=C1CCCCCCC1. The Hall–Kier alpha value is -1.91. The highest BCUT2D eigenvalue weighted by Gasteiger charge is 2.06. The predicted octanol–water partition coefficient (Wildman–Crippen LogP) is 3.42. The molecule has 114 valence electrons. The first-order valence-electron chi connectivity index (χ1n) is 7.47. The number of carbonyl (C=O) groups excluding carboxylic acids is 1. The molecule has 1 aromatic carbocycles. The third-order valence-electron chi connectivity index (χ3n) is 3.45. The minimum Gasteiger partial charge on any atom is -0.484 e. The summed E-state index contributed by atoms with van der Waals surface area (Å²) in [5.74, 6) is -0.165. The molecule has 4 nitrogen and oxygen atoms in total. The molecule has 0 aromatic heterocycles. The van der Waals surface area contributed by atoms with Crippen LogP contribution in [0.25, 0.3) is 0 Å². The zero-order valence-electron chi connectivity index (χ0n) is 12.1. The molecule has 0 spiro atoms.